The van der Waals surface area contributed by atoms with E-state index >= 15 is 0 Å². The summed E-state index contributed by atoms with van der Waals surface area (Å²) in [7, 11) is -1.85. The number of H-pyrrole nitrogens is 1. The lowest BCUT2D eigenvalue weighted by atomic mass is 10.2. The van der Waals surface area contributed by atoms with Gasteiger partial charge >= 0.3 is 0 Å². The molecule has 0 aliphatic heterocycles. The van der Waals surface area contributed by atoms with Crippen molar-refractivity contribution in [1.82, 2.24) is 20.2 Å². The molecule has 0 saturated heterocycles. The third kappa shape index (κ3) is 3.09. The SMILES string of the molecule is CNCc1n[nH]c(C)c1S(=O)(=O)NC(C)c1ccsc1. The molecule has 2 aromatic rings. The highest BCUT2D eigenvalue weighted by molar-refractivity contribution is 7.89. The monoisotopic (exact) mass is 314 g/mol. The smallest absolute Gasteiger partial charge is 0.244 e. The summed E-state index contributed by atoms with van der Waals surface area (Å²) in [6.07, 6.45) is 0. The zero-order valence-electron chi connectivity index (χ0n) is 11.6. The van der Waals surface area contributed by atoms with Crippen molar-refractivity contribution in [3.05, 3.63) is 33.8 Å². The summed E-state index contributed by atoms with van der Waals surface area (Å²) >= 11 is 1.54. The Balaban J connectivity index is 2.29. The first-order valence-corrected chi connectivity index (χ1v) is 8.61. The van der Waals surface area contributed by atoms with Gasteiger partial charge in [0.2, 0.25) is 10.0 Å². The van der Waals surface area contributed by atoms with Crippen molar-refractivity contribution in [1.29, 1.82) is 0 Å². The van der Waals surface area contributed by atoms with Crippen molar-refractivity contribution < 1.29 is 8.42 Å². The van der Waals surface area contributed by atoms with Crippen molar-refractivity contribution in [2.75, 3.05) is 7.05 Å². The van der Waals surface area contributed by atoms with Gasteiger partial charge in [0, 0.05) is 12.6 Å². The van der Waals surface area contributed by atoms with Crippen LogP contribution in [0.1, 0.15) is 29.9 Å². The van der Waals surface area contributed by atoms with E-state index in [1.54, 1.807) is 25.3 Å². The lowest BCUT2D eigenvalue weighted by Gasteiger charge is -2.13. The average molecular weight is 314 g/mol. The molecule has 20 heavy (non-hydrogen) atoms. The third-order valence-electron chi connectivity index (χ3n) is 2.95. The molecule has 2 heterocycles. The molecule has 110 valence electrons. The van der Waals surface area contributed by atoms with Crippen molar-refractivity contribution in [3.8, 4) is 0 Å². The molecule has 0 radical (unpaired) electrons. The van der Waals surface area contributed by atoms with Crippen LogP contribution < -0.4 is 10.0 Å². The van der Waals surface area contributed by atoms with Crippen LogP contribution in [0.3, 0.4) is 0 Å². The Labute approximate surface area is 122 Å². The summed E-state index contributed by atoms with van der Waals surface area (Å²) in [5.74, 6) is 0. The Morgan fingerprint density at radius 2 is 2.25 bits per heavy atom. The van der Waals surface area contributed by atoms with Crippen molar-refractivity contribution in [3.63, 3.8) is 0 Å². The Morgan fingerprint density at radius 3 is 2.85 bits per heavy atom. The van der Waals surface area contributed by atoms with Crippen LogP contribution in [0.15, 0.2) is 21.7 Å². The largest absolute Gasteiger partial charge is 0.314 e. The molecule has 2 aromatic heterocycles. The second kappa shape index (κ2) is 6.04. The van der Waals surface area contributed by atoms with Crippen LogP contribution >= 0.6 is 11.3 Å². The summed E-state index contributed by atoms with van der Waals surface area (Å²) in [5, 5.41) is 13.5. The van der Waals surface area contributed by atoms with E-state index in [2.05, 4.69) is 20.2 Å². The minimum atomic E-state index is -3.60. The fraction of sp³-hybridized carbons (Fsp3) is 0.417. The molecule has 3 N–H and O–H groups in total. The predicted octanol–water partition coefficient (Wildman–Crippen LogP) is 1.54. The van der Waals surface area contributed by atoms with Gasteiger partial charge in [-0.1, -0.05) is 0 Å². The highest BCUT2D eigenvalue weighted by Gasteiger charge is 2.26. The summed E-state index contributed by atoms with van der Waals surface area (Å²) in [6.45, 7) is 3.93. The topological polar surface area (TPSA) is 86.9 Å². The molecule has 0 fully saturated rings. The minimum absolute atomic E-state index is 0.230. The van der Waals surface area contributed by atoms with Gasteiger partial charge in [0.15, 0.2) is 0 Å². The summed E-state index contributed by atoms with van der Waals surface area (Å²) < 4.78 is 27.7. The molecule has 0 saturated carbocycles. The summed E-state index contributed by atoms with van der Waals surface area (Å²) in [5.41, 5.74) is 1.99. The van der Waals surface area contributed by atoms with Gasteiger partial charge in [-0.3, -0.25) is 5.10 Å². The Hall–Kier alpha value is -1.22. The van der Waals surface area contributed by atoms with E-state index in [0.29, 0.717) is 17.9 Å². The number of hydrogen-bond acceptors (Lipinski definition) is 5. The molecular formula is C12H18N4O2S2. The van der Waals surface area contributed by atoms with Crippen LogP contribution in [-0.4, -0.2) is 25.7 Å². The van der Waals surface area contributed by atoms with Crippen molar-refractivity contribution in [2.45, 2.75) is 31.3 Å². The lowest BCUT2D eigenvalue weighted by Crippen LogP contribution is -2.28. The van der Waals surface area contributed by atoms with E-state index in [1.165, 1.54) is 0 Å². The van der Waals surface area contributed by atoms with Gasteiger partial charge in [-0.05, 0) is 43.3 Å². The van der Waals surface area contributed by atoms with Crippen LogP contribution in [0.4, 0.5) is 0 Å². The first kappa shape index (κ1) is 15.2. The van der Waals surface area contributed by atoms with Gasteiger partial charge in [-0.15, -0.1) is 0 Å². The first-order chi connectivity index (χ1) is 9.45. The quantitative estimate of drug-likeness (QED) is 0.755. The Kier molecular flexibility index (Phi) is 4.59. The van der Waals surface area contributed by atoms with Crippen LogP contribution in [0, 0.1) is 6.92 Å². The van der Waals surface area contributed by atoms with E-state index in [9.17, 15) is 8.42 Å². The Morgan fingerprint density at radius 1 is 1.50 bits per heavy atom. The predicted molar refractivity (Wildman–Crippen MR) is 79.1 cm³/mol. The van der Waals surface area contributed by atoms with Gasteiger partial charge in [-0.25, -0.2) is 13.1 Å². The van der Waals surface area contributed by atoms with Gasteiger partial charge in [0.1, 0.15) is 4.90 Å². The molecule has 0 spiro atoms. The second-order valence-corrected chi connectivity index (χ2v) is 6.99. The maximum atomic E-state index is 12.5. The normalized spacial score (nSPS) is 13.6. The number of hydrogen-bond donors (Lipinski definition) is 3. The number of aromatic amines is 1. The van der Waals surface area contributed by atoms with Gasteiger partial charge < -0.3 is 5.32 Å². The van der Waals surface area contributed by atoms with Crippen molar-refractivity contribution >= 4 is 21.4 Å². The second-order valence-electron chi connectivity index (χ2n) is 4.55. The number of nitrogens with one attached hydrogen (secondary N) is 3. The molecule has 1 atom stereocenters. The zero-order valence-corrected chi connectivity index (χ0v) is 13.2. The number of aromatic nitrogens is 2. The standard InChI is InChI=1S/C12H18N4O2S2/c1-8(10-4-5-19-7-10)16-20(17,18)12-9(2)14-15-11(12)6-13-3/h4-5,7-8,13,16H,6H2,1-3H3,(H,14,15). The van der Waals surface area contributed by atoms with E-state index in [1.807, 2.05) is 23.8 Å². The number of thiophene rings is 1. The third-order valence-corrected chi connectivity index (χ3v) is 5.39. The maximum Gasteiger partial charge on any atom is 0.244 e. The minimum Gasteiger partial charge on any atom is -0.314 e. The van der Waals surface area contributed by atoms with Crippen LogP contribution in [0.2, 0.25) is 0 Å². The number of rotatable bonds is 6. The highest BCUT2D eigenvalue weighted by Crippen LogP contribution is 2.22. The molecule has 6 nitrogen and oxygen atoms in total. The van der Waals surface area contributed by atoms with Crippen LogP contribution in [0.25, 0.3) is 0 Å². The molecule has 0 aliphatic rings. The van der Waals surface area contributed by atoms with Gasteiger partial charge in [-0.2, -0.15) is 16.4 Å². The van der Waals surface area contributed by atoms with Crippen LogP contribution in [0.5, 0.6) is 0 Å². The first-order valence-electron chi connectivity index (χ1n) is 6.18. The van der Waals surface area contributed by atoms with Crippen LogP contribution in [-0.2, 0) is 16.6 Å². The van der Waals surface area contributed by atoms with E-state index in [-0.39, 0.29) is 10.9 Å². The molecular weight excluding hydrogens is 296 g/mol. The maximum absolute atomic E-state index is 12.5. The molecule has 1 unspecified atom stereocenters. The fourth-order valence-electron chi connectivity index (χ4n) is 1.99. The lowest BCUT2D eigenvalue weighted by molar-refractivity contribution is 0.565. The molecule has 0 bridgehead atoms. The number of sulfonamides is 1. The van der Waals surface area contributed by atoms with Crippen molar-refractivity contribution in [2.24, 2.45) is 0 Å². The van der Waals surface area contributed by atoms with E-state index in [4.69, 9.17) is 0 Å². The highest BCUT2D eigenvalue weighted by atomic mass is 32.2. The number of aryl methyl sites for hydroxylation is 1. The fourth-order valence-corrected chi connectivity index (χ4v) is 4.34. The zero-order chi connectivity index (χ0) is 14.8. The average Bonchev–Trinajstić information content (AvgIpc) is 2.99. The van der Waals surface area contributed by atoms with Gasteiger partial charge in [0.25, 0.3) is 0 Å². The molecule has 0 aliphatic carbocycles. The van der Waals surface area contributed by atoms with E-state index in [0.717, 1.165) is 5.56 Å². The molecule has 2 rings (SSSR count). The summed E-state index contributed by atoms with van der Waals surface area (Å²) in [6, 6.07) is 1.64. The molecule has 0 aromatic carbocycles. The molecule has 8 heteroatoms. The van der Waals surface area contributed by atoms with E-state index < -0.39 is 10.0 Å². The van der Waals surface area contributed by atoms with Gasteiger partial charge in [0.05, 0.1) is 11.4 Å². The Bertz CT molecular complexity index is 662. The summed E-state index contributed by atoms with van der Waals surface area (Å²) in [4.78, 5) is 0.230. The molecule has 0 amide bonds. The number of nitrogens with zero attached hydrogens (tertiary/aromatic N) is 1.